The van der Waals surface area contributed by atoms with E-state index in [0.29, 0.717) is 11.1 Å². The van der Waals surface area contributed by atoms with E-state index in [1.165, 1.54) is 13.0 Å². The highest BCUT2D eigenvalue weighted by Gasteiger charge is 2.19. The summed E-state index contributed by atoms with van der Waals surface area (Å²) in [5.74, 6) is -0.719. The fraction of sp³-hybridized carbons (Fsp3) is 0.160. The van der Waals surface area contributed by atoms with Gasteiger partial charge >= 0.3 is 11.6 Å². The van der Waals surface area contributed by atoms with Crippen molar-refractivity contribution in [1.82, 2.24) is 5.32 Å². The highest BCUT2D eigenvalue weighted by Crippen LogP contribution is 2.28. The maximum absolute atomic E-state index is 12.6. The molecule has 4 rings (SSSR count). The Bertz CT molecular complexity index is 1310. The molecule has 6 heteroatoms. The average Bonchev–Trinajstić information content (AvgIpc) is 2.77. The van der Waals surface area contributed by atoms with E-state index < -0.39 is 17.6 Å². The van der Waals surface area contributed by atoms with Crippen molar-refractivity contribution in [3.63, 3.8) is 0 Å². The Morgan fingerprint density at radius 1 is 1.00 bits per heavy atom. The summed E-state index contributed by atoms with van der Waals surface area (Å²) in [5.41, 5.74) is 1.32. The van der Waals surface area contributed by atoms with Crippen molar-refractivity contribution in [2.24, 2.45) is 0 Å². The topological polar surface area (TPSA) is 85.6 Å². The monoisotopic (exact) mass is 415 g/mol. The van der Waals surface area contributed by atoms with Gasteiger partial charge in [0, 0.05) is 23.9 Å². The first kappa shape index (κ1) is 20.3. The summed E-state index contributed by atoms with van der Waals surface area (Å²) in [7, 11) is 0. The van der Waals surface area contributed by atoms with Crippen LogP contribution in [0, 0.1) is 0 Å². The van der Waals surface area contributed by atoms with Crippen LogP contribution in [0.1, 0.15) is 30.5 Å². The van der Waals surface area contributed by atoms with Crippen LogP contribution in [0.3, 0.4) is 0 Å². The number of rotatable bonds is 6. The van der Waals surface area contributed by atoms with E-state index >= 15 is 0 Å². The smallest absolute Gasteiger partial charge is 0.336 e. The van der Waals surface area contributed by atoms with Gasteiger partial charge in [0.15, 0.2) is 0 Å². The molecule has 6 nitrogen and oxygen atoms in total. The van der Waals surface area contributed by atoms with Gasteiger partial charge in [-0.05, 0) is 22.4 Å². The van der Waals surface area contributed by atoms with Crippen molar-refractivity contribution in [3.8, 4) is 0 Å². The summed E-state index contributed by atoms with van der Waals surface area (Å²) < 4.78 is 10.8. The SMILES string of the molecule is CC(=O)N[C@@H](CC(=O)OCc1cc(=O)oc2ccc3ccccc3c12)c1ccccc1. The van der Waals surface area contributed by atoms with Crippen LogP contribution in [0.25, 0.3) is 21.7 Å². The minimum Gasteiger partial charge on any atom is -0.461 e. The van der Waals surface area contributed by atoms with E-state index in [2.05, 4.69) is 5.32 Å². The van der Waals surface area contributed by atoms with Crippen LogP contribution in [-0.4, -0.2) is 11.9 Å². The van der Waals surface area contributed by atoms with Gasteiger partial charge in [0.25, 0.3) is 0 Å². The molecule has 156 valence electrons. The van der Waals surface area contributed by atoms with Gasteiger partial charge in [-0.25, -0.2) is 4.79 Å². The minimum absolute atomic E-state index is 0.0241. The van der Waals surface area contributed by atoms with E-state index in [9.17, 15) is 14.4 Å². The number of ether oxygens (including phenoxy) is 1. The number of carbonyl (C=O) groups excluding carboxylic acids is 2. The zero-order valence-electron chi connectivity index (χ0n) is 17.0. The van der Waals surface area contributed by atoms with Crippen LogP contribution in [0.2, 0.25) is 0 Å². The van der Waals surface area contributed by atoms with Crippen LogP contribution in [0.4, 0.5) is 0 Å². The molecule has 0 bridgehead atoms. The number of amides is 1. The van der Waals surface area contributed by atoms with E-state index in [1.54, 1.807) is 6.07 Å². The summed E-state index contributed by atoms with van der Waals surface area (Å²) in [6, 6.07) is 21.5. The Morgan fingerprint density at radius 3 is 2.52 bits per heavy atom. The highest BCUT2D eigenvalue weighted by atomic mass is 16.5. The molecule has 1 N–H and O–H groups in total. The zero-order chi connectivity index (χ0) is 21.8. The number of esters is 1. The molecule has 0 saturated heterocycles. The van der Waals surface area contributed by atoms with E-state index in [4.69, 9.17) is 9.15 Å². The molecule has 31 heavy (non-hydrogen) atoms. The Balaban J connectivity index is 1.58. The lowest BCUT2D eigenvalue weighted by atomic mass is 10.0. The van der Waals surface area contributed by atoms with Gasteiger partial charge in [-0.3, -0.25) is 9.59 Å². The number of nitrogens with one attached hydrogen (secondary N) is 1. The second-order valence-electron chi connectivity index (χ2n) is 7.28. The van der Waals surface area contributed by atoms with Crippen LogP contribution in [0.5, 0.6) is 0 Å². The van der Waals surface area contributed by atoms with Gasteiger partial charge in [0.2, 0.25) is 5.91 Å². The predicted octanol–water partition coefficient (Wildman–Crippen LogP) is 4.26. The third-order valence-corrected chi connectivity index (χ3v) is 5.05. The molecular weight excluding hydrogens is 394 g/mol. The van der Waals surface area contributed by atoms with Crippen molar-refractivity contribution in [2.45, 2.75) is 26.0 Å². The number of carbonyl (C=O) groups is 2. The molecule has 0 spiro atoms. The summed E-state index contributed by atoms with van der Waals surface area (Å²) in [4.78, 5) is 36.2. The second kappa shape index (κ2) is 8.83. The maximum atomic E-state index is 12.6. The summed E-state index contributed by atoms with van der Waals surface area (Å²) in [5, 5.41) is 5.43. The fourth-order valence-electron chi connectivity index (χ4n) is 3.70. The third kappa shape index (κ3) is 4.64. The number of hydrogen-bond acceptors (Lipinski definition) is 5. The molecule has 0 aliphatic carbocycles. The molecular formula is C25H21NO5. The Morgan fingerprint density at radius 2 is 1.74 bits per heavy atom. The van der Waals surface area contributed by atoms with Crippen LogP contribution < -0.4 is 10.9 Å². The van der Waals surface area contributed by atoms with Gasteiger partial charge < -0.3 is 14.5 Å². The summed E-state index contributed by atoms with van der Waals surface area (Å²) in [6.07, 6.45) is -0.0241. The Labute approximate surface area is 178 Å². The van der Waals surface area contributed by atoms with Crippen LogP contribution in [0.15, 0.2) is 82.0 Å². The van der Waals surface area contributed by atoms with E-state index in [0.717, 1.165) is 21.7 Å². The van der Waals surface area contributed by atoms with Gasteiger partial charge in [-0.15, -0.1) is 0 Å². The summed E-state index contributed by atoms with van der Waals surface area (Å²) >= 11 is 0. The molecule has 0 fully saturated rings. The molecule has 3 aromatic carbocycles. The van der Waals surface area contributed by atoms with Gasteiger partial charge in [0.05, 0.1) is 12.5 Å². The Kier molecular flexibility index (Phi) is 5.80. The third-order valence-electron chi connectivity index (χ3n) is 5.05. The Hall–Kier alpha value is -3.93. The molecule has 0 unspecified atom stereocenters. The molecule has 1 amide bonds. The van der Waals surface area contributed by atoms with E-state index in [1.807, 2.05) is 60.7 Å². The van der Waals surface area contributed by atoms with Crippen molar-refractivity contribution in [2.75, 3.05) is 0 Å². The standard InChI is InChI=1S/C25H21NO5/c1-16(27)26-21(18-8-3-2-4-9-18)14-23(28)30-15-19-13-24(29)31-22-12-11-17-7-5-6-10-20(17)25(19)22/h2-13,21H,14-15H2,1H3,(H,26,27)/t21-/m0/s1. The van der Waals surface area contributed by atoms with Crippen molar-refractivity contribution in [3.05, 3.63) is 94.3 Å². The van der Waals surface area contributed by atoms with Gasteiger partial charge in [-0.2, -0.15) is 0 Å². The molecule has 0 aliphatic heterocycles. The normalized spacial score (nSPS) is 11.9. The van der Waals surface area contributed by atoms with Crippen molar-refractivity contribution in [1.29, 1.82) is 0 Å². The predicted molar refractivity (Wildman–Crippen MR) is 117 cm³/mol. The molecule has 0 radical (unpaired) electrons. The molecule has 0 saturated carbocycles. The number of hydrogen-bond donors (Lipinski definition) is 1. The van der Waals surface area contributed by atoms with Crippen molar-refractivity contribution >= 4 is 33.6 Å². The lowest BCUT2D eigenvalue weighted by Gasteiger charge is -2.18. The lowest BCUT2D eigenvalue weighted by Crippen LogP contribution is -2.28. The first-order valence-electron chi connectivity index (χ1n) is 9.93. The first-order chi connectivity index (χ1) is 15.0. The largest absolute Gasteiger partial charge is 0.461 e. The molecule has 4 aromatic rings. The van der Waals surface area contributed by atoms with Crippen LogP contribution in [-0.2, 0) is 20.9 Å². The molecule has 1 aromatic heterocycles. The van der Waals surface area contributed by atoms with Gasteiger partial charge in [-0.1, -0.05) is 60.7 Å². The first-order valence-corrected chi connectivity index (χ1v) is 9.93. The minimum atomic E-state index is -0.505. The maximum Gasteiger partial charge on any atom is 0.336 e. The zero-order valence-corrected chi connectivity index (χ0v) is 17.0. The quantitative estimate of drug-likeness (QED) is 0.289. The van der Waals surface area contributed by atoms with Gasteiger partial charge in [0.1, 0.15) is 12.2 Å². The van der Waals surface area contributed by atoms with Crippen LogP contribution >= 0.6 is 0 Å². The lowest BCUT2D eigenvalue weighted by molar-refractivity contribution is -0.145. The number of fused-ring (bicyclic) bond motifs is 3. The number of benzene rings is 3. The second-order valence-corrected chi connectivity index (χ2v) is 7.28. The molecule has 0 aliphatic rings. The fourth-order valence-corrected chi connectivity index (χ4v) is 3.70. The average molecular weight is 415 g/mol. The summed E-state index contributed by atoms with van der Waals surface area (Å²) in [6.45, 7) is 1.33. The van der Waals surface area contributed by atoms with Crippen molar-refractivity contribution < 1.29 is 18.7 Å². The van der Waals surface area contributed by atoms with E-state index in [-0.39, 0.29) is 18.9 Å². The molecule has 1 atom stereocenters. The molecule has 1 heterocycles. The highest BCUT2D eigenvalue weighted by molar-refractivity contribution is 6.07.